The monoisotopic (exact) mass is 314 g/mol. The van der Waals surface area contributed by atoms with Gasteiger partial charge in [-0.25, -0.2) is 8.42 Å². The van der Waals surface area contributed by atoms with E-state index in [4.69, 9.17) is 5.84 Å². The van der Waals surface area contributed by atoms with E-state index in [2.05, 4.69) is 5.43 Å². The summed E-state index contributed by atoms with van der Waals surface area (Å²) in [7, 11) is 0.386. The molecule has 6 nitrogen and oxygen atoms in total. The number of likely N-dealkylation sites (N-methyl/N-ethyl adjacent to an activating group) is 1. The quantitative estimate of drug-likeness (QED) is 0.556. The van der Waals surface area contributed by atoms with Gasteiger partial charge in [-0.05, 0) is 44.3 Å². The van der Waals surface area contributed by atoms with Gasteiger partial charge >= 0.3 is 0 Å². The van der Waals surface area contributed by atoms with Crippen molar-refractivity contribution in [3.8, 4) is 0 Å². The van der Waals surface area contributed by atoms with Crippen LogP contribution >= 0.6 is 0 Å². The van der Waals surface area contributed by atoms with Gasteiger partial charge in [-0.2, -0.15) is 4.31 Å². The first kappa shape index (κ1) is 17.9. The zero-order valence-electron chi connectivity index (χ0n) is 13.2. The lowest BCUT2D eigenvalue weighted by Gasteiger charge is -2.25. The molecule has 0 bridgehead atoms. The van der Waals surface area contributed by atoms with Crippen molar-refractivity contribution >= 4 is 15.7 Å². The number of anilines is 1. The second-order valence-corrected chi connectivity index (χ2v) is 7.67. The van der Waals surface area contributed by atoms with Crippen molar-refractivity contribution in [3.63, 3.8) is 0 Å². The predicted molar refractivity (Wildman–Crippen MR) is 86.4 cm³/mol. The average molecular weight is 314 g/mol. The van der Waals surface area contributed by atoms with Gasteiger partial charge in [-0.15, -0.1) is 0 Å². The number of benzene rings is 1. The van der Waals surface area contributed by atoms with E-state index in [0.717, 1.165) is 0 Å². The highest BCUT2D eigenvalue weighted by atomic mass is 32.2. The van der Waals surface area contributed by atoms with E-state index in [1.165, 1.54) is 0 Å². The normalized spacial score (nSPS) is 12.4. The topological polar surface area (TPSA) is 78.7 Å². The third-order valence-electron chi connectivity index (χ3n) is 3.02. The predicted octanol–water partition coefficient (Wildman–Crippen LogP) is 1.18. The number of hydrogen-bond acceptors (Lipinski definition) is 5. The summed E-state index contributed by atoms with van der Waals surface area (Å²) in [5, 5.41) is 0. The van der Waals surface area contributed by atoms with Crippen LogP contribution in [0.2, 0.25) is 0 Å². The first-order valence-electron chi connectivity index (χ1n) is 6.99. The minimum atomic E-state index is -3.48. The second kappa shape index (κ2) is 7.74. The van der Waals surface area contributed by atoms with Crippen LogP contribution in [0.5, 0.6) is 0 Å². The molecule has 0 amide bonds. The fourth-order valence-corrected chi connectivity index (χ4v) is 3.50. The summed E-state index contributed by atoms with van der Waals surface area (Å²) in [5.41, 5.74) is 3.17. The molecule has 0 fully saturated rings. The summed E-state index contributed by atoms with van der Waals surface area (Å²) in [6.07, 6.45) is 0. The number of nitrogens with zero attached hydrogens (tertiary/aromatic N) is 2. The second-order valence-electron chi connectivity index (χ2n) is 5.73. The van der Waals surface area contributed by atoms with Crippen LogP contribution in [0.25, 0.3) is 0 Å². The van der Waals surface area contributed by atoms with Crippen molar-refractivity contribution in [2.45, 2.75) is 18.7 Å². The van der Waals surface area contributed by atoms with E-state index < -0.39 is 10.0 Å². The van der Waals surface area contributed by atoms with Gasteiger partial charge in [0.2, 0.25) is 10.0 Å². The van der Waals surface area contributed by atoms with Gasteiger partial charge in [-0.3, -0.25) is 5.84 Å². The molecule has 3 N–H and O–H groups in total. The molecule has 21 heavy (non-hydrogen) atoms. The molecule has 0 atom stereocenters. The number of nitrogen functional groups attached to an aromatic ring is 1. The fourth-order valence-electron chi connectivity index (χ4n) is 1.90. The molecule has 0 saturated carbocycles. The summed E-state index contributed by atoms with van der Waals surface area (Å²) in [6, 6.07) is 6.47. The molecule has 7 heteroatoms. The molecule has 0 aliphatic carbocycles. The number of hydrogen-bond donors (Lipinski definition) is 2. The van der Waals surface area contributed by atoms with Crippen LogP contribution in [-0.2, 0) is 10.0 Å². The Hall–Kier alpha value is -1.15. The van der Waals surface area contributed by atoms with Gasteiger partial charge < -0.3 is 10.3 Å². The summed E-state index contributed by atoms with van der Waals surface area (Å²) < 4.78 is 27.0. The molecule has 1 rings (SSSR count). The summed E-state index contributed by atoms with van der Waals surface area (Å²) in [4.78, 5) is 2.27. The average Bonchev–Trinajstić information content (AvgIpc) is 2.42. The van der Waals surface area contributed by atoms with Gasteiger partial charge in [0.05, 0.1) is 4.90 Å². The maximum absolute atomic E-state index is 12.7. The zero-order chi connectivity index (χ0) is 16.0. The Kier molecular flexibility index (Phi) is 6.60. The summed E-state index contributed by atoms with van der Waals surface area (Å²) in [5.74, 6) is 5.57. The minimum absolute atomic E-state index is 0.270. The molecular formula is C14H26N4O2S. The molecule has 1 aromatic rings. The Labute approximate surface area is 127 Å². The third kappa shape index (κ3) is 5.28. The Balaban J connectivity index is 3.00. The van der Waals surface area contributed by atoms with Crippen LogP contribution < -0.4 is 11.3 Å². The number of nitrogens with two attached hydrogens (primary N) is 1. The van der Waals surface area contributed by atoms with Crippen molar-refractivity contribution in [3.05, 3.63) is 24.3 Å². The molecule has 0 heterocycles. The molecule has 0 radical (unpaired) electrons. The Morgan fingerprint density at radius 2 is 1.71 bits per heavy atom. The van der Waals surface area contributed by atoms with Crippen LogP contribution in [0.15, 0.2) is 29.2 Å². The van der Waals surface area contributed by atoms with Crippen molar-refractivity contribution in [1.82, 2.24) is 9.21 Å². The van der Waals surface area contributed by atoms with E-state index in [-0.39, 0.29) is 5.92 Å². The molecule has 120 valence electrons. The van der Waals surface area contributed by atoms with Crippen LogP contribution in [0.1, 0.15) is 13.8 Å². The molecule has 0 aliphatic rings. The highest BCUT2D eigenvalue weighted by Gasteiger charge is 2.24. The first-order valence-corrected chi connectivity index (χ1v) is 8.43. The van der Waals surface area contributed by atoms with E-state index >= 15 is 0 Å². The SMILES string of the molecule is CC(C)CN(CCN(C)C)S(=O)(=O)c1ccc(NN)cc1. The number of rotatable bonds is 8. The molecule has 0 saturated heterocycles. The number of nitrogens with one attached hydrogen (secondary N) is 1. The van der Waals surface area contributed by atoms with Gasteiger partial charge in [0.1, 0.15) is 0 Å². The largest absolute Gasteiger partial charge is 0.324 e. The molecule has 0 aromatic heterocycles. The van der Waals surface area contributed by atoms with Crippen LogP contribution in [0.4, 0.5) is 5.69 Å². The van der Waals surface area contributed by atoms with E-state index in [1.54, 1.807) is 28.6 Å². The highest BCUT2D eigenvalue weighted by molar-refractivity contribution is 7.89. The summed E-state index contributed by atoms with van der Waals surface area (Å²) >= 11 is 0. The van der Waals surface area contributed by atoms with E-state index in [9.17, 15) is 8.42 Å². The lowest BCUT2D eigenvalue weighted by molar-refractivity contribution is 0.312. The van der Waals surface area contributed by atoms with Crippen LogP contribution in [-0.4, -0.2) is 51.4 Å². The molecular weight excluding hydrogens is 288 g/mol. The van der Waals surface area contributed by atoms with Crippen LogP contribution in [0.3, 0.4) is 0 Å². The van der Waals surface area contributed by atoms with Crippen molar-refractivity contribution < 1.29 is 8.42 Å². The van der Waals surface area contributed by atoms with Crippen molar-refractivity contribution in [2.75, 3.05) is 39.2 Å². The number of hydrazine groups is 1. The molecule has 0 unspecified atom stereocenters. The lowest BCUT2D eigenvalue weighted by atomic mass is 10.2. The van der Waals surface area contributed by atoms with Gasteiger partial charge in [0.15, 0.2) is 0 Å². The smallest absolute Gasteiger partial charge is 0.243 e. The Bertz CT molecular complexity index is 526. The Morgan fingerprint density at radius 1 is 1.14 bits per heavy atom. The van der Waals surface area contributed by atoms with E-state index in [0.29, 0.717) is 30.2 Å². The number of sulfonamides is 1. The standard InChI is InChI=1S/C14H26N4O2S/c1-12(2)11-18(10-9-17(3)4)21(19,20)14-7-5-13(16-15)6-8-14/h5-8,12,16H,9-11,15H2,1-4H3. The van der Waals surface area contributed by atoms with Gasteiger partial charge in [0, 0.05) is 25.3 Å². The van der Waals surface area contributed by atoms with Gasteiger partial charge in [0.25, 0.3) is 0 Å². The van der Waals surface area contributed by atoms with Crippen molar-refractivity contribution in [1.29, 1.82) is 0 Å². The maximum atomic E-state index is 12.7. The molecule has 1 aromatic carbocycles. The third-order valence-corrected chi connectivity index (χ3v) is 4.90. The minimum Gasteiger partial charge on any atom is -0.324 e. The first-order chi connectivity index (χ1) is 9.77. The molecule has 0 aliphatic heterocycles. The summed E-state index contributed by atoms with van der Waals surface area (Å²) in [6.45, 7) is 5.70. The maximum Gasteiger partial charge on any atom is 0.243 e. The lowest BCUT2D eigenvalue weighted by Crippen LogP contribution is -2.38. The zero-order valence-corrected chi connectivity index (χ0v) is 14.0. The van der Waals surface area contributed by atoms with Crippen molar-refractivity contribution in [2.24, 2.45) is 11.8 Å². The highest BCUT2D eigenvalue weighted by Crippen LogP contribution is 2.19. The molecule has 0 spiro atoms. The Morgan fingerprint density at radius 3 is 2.14 bits per heavy atom. The fraction of sp³-hybridized carbons (Fsp3) is 0.571. The van der Waals surface area contributed by atoms with Crippen LogP contribution in [0, 0.1) is 5.92 Å². The van der Waals surface area contributed by atoms with E-state index in [1.807, 2.05) is 32.8 Å². The van der Waals surface area contributed by atoms with Gasteiger partial charge in [-0.1, -0.05) is 13.8 Å².